The van der Waals surface area contributed by atoms with Crippen molar-refractivity contribution < 1.29 is 33.8 Å². The number of alkyl carbamates (subject to hydrolysis) is 1. The molecule has 5 amide bonds. The molecular formula is C50H69IN8O7S3. The Bertz CT molecular complexity index is 2360. The molecule has 0 fully saturated rings. The van der Waals surface area contributed by atoms with Gasteiger partial charge in [0.1, 0.15) is 12.1 Å². The van der Waals surface area contributed by atoms with E-state index in [2.05, 4.69) is 70.7 Å². The Morgan fingerprint density at radius 1 is 0.710 bits per heavy atom. The van der Waals surface area contributed by atoms with Gasteiger partial charge in [-0.3, -0.25) is 9.78 Å². The number of urea groups is 2. The third-order valence-electron chi connectivity index (χ3n) is 10.9. The number of benzene rings is 2. The van der Waals surface area contributed by atoms with Crippen LogP contribution < -0.4 is 16.0 Å². The standard InChI is InChI=1S/C37H47N5O4S2.C13H21N3O3S.HI/c1-26(2)34-39-31(24-47-34)22-42(5)35(44)41-37(3,4)33(43)20-29(18-27-12-8-6-9-13-27)16-17-30(19-28-14-10-7-11-15-28)40-36(45)46-23-32-21-38-25-48-32;1-8(2)10-14-9(7-20-10)6-16(5)12(19)15-13(3,4)11(17)18;/h6-15,21,24-26,29-30H,16-20,22-23H2,1-5H3,(H,40,45)(H,41,44);7-8H,6H2,1-5H3,(H,15,19)(H,17,18);1H/t29-,30-;;/m1../s1. The van der Waals surface area contributed by atoms with E-state index in [9.17, 15) is 24.0 Å². The number of aliphatic carboxylic acids is 1. The van der Waals surface area contributed by atoms with Gasteiger partial charge in [0.15, 0.2) is 5.78 Å². The molecule has 376 valence electrons. The average molecular weight is 1120 g/mol. The Labute approximate surface area is 436 Å². The van der Waals surface area contributed by atoms with Crippen molar-refractivity contribution >= 4 is 87.9 Å². The van der Waals surface area contributed by atoms with Crippen molar-refractivity contribution in [3.63, 3.8) is 0 Å². The second-order valence-electron chi connectivity index (χ2n) is 18.6. The zero-order chi connectivity index (χ0) is 50.0. The Morgan fingerprint density at radius 3 is 1.65 bits per heavy atom. The normalized spacial score (nSPS) is 12.2. The largest absolute Gasteiger partial charge is 0.480 e. The van der Waals surface area contributed by atoms with E-state index in [-0.39, 0.29) is 60.8 Å². The molecule has 19 heteroatoms. The first-order valence-electron chi connectivity index (χ1n) is 22.7. The molecule has 0 aliphatic carbocycles. The van der Waals surface area contributed by atoms with Gasteiger partial charge in [0.25, 0.3) is 0 Å². The summed E-state index contributed by atoms with van der Waals surface area (Å²) in [4.78, 5) is 79.7. The minimum Gasteiger partial charge on any atom is -0.480 e. The molecule has 69 heavy (non-hydrogen) atoms. The van der Waals surface area contributed by atoms with E-state index in [0.717, 1.165) is 37.4 Å². The molecule has 0 aliphatic rings. The van der Waals surface area contributed by atoms with Crippen LogP contribution in [0.1, 0.15) is 124 Å². The SMILES string of the molecule is CC(C)c1nc(CN(C)C(=O)NC(C)(C)C(=O)C[C@H](CC[C@H](Cc2ccccc2)NC(=O)OCc2cncs2)Cc2ccccc2)cs1.CC(C)c1nc(CN(C)C(=O)NC(C)(C)C(=O)O)cs1.I. The number of ketones is 1. The number of halogens is 1. The summed E-state index contributed by atoms with van der Waals surface area (Å²) >= 11 is 4.60. The number of rotatable bonds is 22. The van der Waals surface area contributed by atoms with Crippen LogP contribution in [0.5, 0.6) is 0 Å². The number of nitrogens with zero attached hydrogens (tertiary/aromatic N) is 5. The van der Waals surface area contributed by atoms with Crippen LogP contribution >= 0.6 is 58.0 Å². The fraction of sp³-hybridized carbons (Fsp3) is 0.480. The van der Waals surface area contributed by atoms with Crippen LogP contribution in [-0.2, 0) is 46.9 Å². The van der Waals surface area contributed by atoms with Crippen molar-refractivity contribution in [2.75, 3.05) is 14.1 Å². The van der Waals surface area contributed by atoms with Crippen molar-refractivity contribution in [2.45, 2.75) is 136 Å². The predicted molar refractivity (Wildman–Crippen MR) is 285 cm³/mol. The number of thiazole rings is 3. The molecular weight excluding hydrogens is 1050 g/mol. The number of carbonyl (C=O) groups excluding carboxylic acids is 4. The van der Waals surface area contributed by atoms with Gasteiger partial charge in [-0.15, -0.1) is 58.0 Å². The maximum atomic E-state index is 13.8. The minimum absolute atomic E-state index is 0. The topological polar surface area (TPSA) is 196 Å². The smallest absolute Gasteiger partial charge is 0.407 e. The van der Waals surface area contributed by atoms with E-state index in [1.54, 1.807) is 67.2 Å². The Kier molecular flexibility index (Phi) is 23.7. The lowest BCUT2D eigenvalue weighted by molar-refractivity contribution is -0.143. The van der Waals surface area contributed by atoms with E-state index in [1.165, 1.54) is 30.1 Å². The van der Waals surface area contributed by atoms with Crippen molar-refractivity contribution in [1.82, 2.24) is 40.7 Å². The van der Waals surface area contributed by atoms with Gasteiger partial charge < -0.3 is 35.6 Å². The van der Waals surface area contributed by atoms with E-state index >= 15 is 0 Å². The van der Waals surface area contributed by atoms with Gasteiger partial charge >= 0.3 is 24.1 Å². The highest BCUT2D eigenvalue weighted by Crippen LogP contribution is 2.25. The molecule has 0 unspecified atom stereocenters. The number of carbonyl (C=O) groups is 5. The molecule has 0 bridgehead atoms. The summed E-state index contributed by atoms with van der Waals surface area (Å²) in [6.45, 7) is 15.6. The number of amides is 5. The summed E-state index contributed by atoms with van der Waals surface area (Å²) in [5, 5.41) is 23.4. The van der Waals surface area contributed by atoms with E-state index in [1.807, 2.05) is 59.3 Å². The zero-order valence-corrected chi connectivity index (χ0v) is 46.1. The third kappa shape index (κ3) is 20.1. The maximum absolute atomic E-state index is 13.8. The van der Waals surface area contributed by atoms with Gasteiger partial charge in [-0.05, 0) is 70.4 Å². The Morgan fingerprint density at radius 2 is 1.20 bits per heavy atom. The highest BCUT2D eigenvalue weighted by molar-refractivity contribution is 14.0. The molecule has 15 nitrogen and oxygen atoms in total. The van der Waals surface area contributed by atoms with Crippen molar-refractivity contribution in [2.24, 2.45) is 5.92 Å². The van der Waals surface area contributed by atoms with Gasteiger partial charge in [-0.2, -0.15) is 0 Å². The third-order valence-corrected chi connectivity index (χ3v) is 14.1. The number of Topliss-reactive ketones (excluding diaryl/α,β-unsaturated/α-hetero) is 1. The zero-order valence-electron chi connectivity index (χ0n) is 41.3. The van der Waals surface area contributed by atoms with Gasteiger partial charge in [-0.1, -0.05) is 88.4 Å². The Hall–Kier alpha value is -4.99. The summed E-state index contributed by atoms with van der Waals surface area (Å²) in [5.74, 6) is -0.437. The second kappa shape index (κ2) is 28.0. The number of ether oxygens (including phenoxy) is 1. The van der Waals surface area contributed by atoms with E-state index < -0.39 is 29.2 Å². The molecule has 0 spiro atoms. The number of carboxylic acids is 1. The molecule has 2 atom stereocenters. The molecule has 3 aromatic heterocycles. The summed E-state index contributed by atoms with van der Waals surface area (Å²) < 4.78 is 5.49. The maximum Gasteiger partial charge on any atom is 0.407 e. The van der Waals surface area contributed by atoms with Crippen LogP contribution in [0.2, 0.25) is 0 Å². The van der Waals surface area contributed by atoms with E-state index in [0.29, 0.717) is 50.6 Å². The monoisotopic (exact) mass is 1120 g/mol. The van der Waals surface area contributed by atoms with Gasteiger partial charge in [-0.25, -0.2) is 29.1 Å². The molecule has 3 heterocycles. The lowest BCUT2D eigenvalue weighted by atomic mass is 9.84. The number of carboxylic acid groups (broad SMARTS) is 1. The molecule has 0 saturated carbocycles. The lowest BCUT2D eigenvalue weighted by Gasteiger charge is -2.30. The number of aromatic nitrogens is 3. The van der Waals surface area contributed by atoms with Crippen molar-refractivity contribution in [3.05, 3.63) is 121 Å². The average Bonchev–Trinajstić information content (AvgIpc) is 4.09. The highest BCUT2D eigenvalue weighted by atomic mass is 127. The summed E-state index contributed by atoms with van der Waals surface area (Å²) in [6, 6.07) is 19.2. The van der Waals surface area contributed by atoms with Crippen molar-refractivity contribution in [1.29, 1.82) is 0 Å². The summed E-state index contributed by atoms with van der Waals surface area (Å²) in [7, 11) is 3.33. The van der Waals surface area contributed by atoms with E-state index in [4.69, 9.17) is 9.84 Å². The summed E-state index contributed by atoms with van der Waals surface area (Å²) in [5.41, 5.74) is 3.22. The highest BCUT2D eigenvalue weighted by Gasteiger charge is 2.33. The molecule has 5 rings (SSSR count). The van der Waals surface area contributed by atoms with Crippen LogP contribution in [-0.4, -0.2) is 91.0 Å². The summed E-state index contributed by atoms with van der Waals surface area (Å²) in [6.07, 6.45) is 4.17. The minimum atomic E-state index is -1.30. The molecule has 0 radical (unpaired) electrons. The molecule has 2 aromatic carbocycles. The van der Waals surface area contributed by atoms with Gasteiger partial charge in [0, 0.05) is 55.4 Å². The van der Waals surface area contributed by atoms with Crippen LogP contribution in [0.3, 0.4) is 0 Å². The first kappa shape index (κ1) is 58.3. The Balaban J connectivity index is 0.000000504. The molecule has 5 aromatic rings. The van der Waals surface area contributed by atoms with Crippen LogP contribution in [0.4, 0.5) is 14.4 Å². The number of hydrogen-bond donors (Lipinski definition) is 4. The van der Waals surface area contributed by atoms with Crippen molar-refractivity contribution in [3.8, 4) is 0 Å². The predicted octanol–water partition coefficient (Wildman–Crippen LogP) is 10.7. The van der Waals surface area contributed by atoms with Crippen LogP contribution in [0.25, 0.3) is 0 Å². The van der Waals surface area contributed by atoms with Crippen LogP contribution in [0.15, 0.2) is 83.1 Å². The molecule has 4 N–H and O–H groups in total. The quantitative estimate of drug-likeness (QED) is 0.0484. The molecule has 0 aliphatic heterocycles. The molecule has 0 saturated heterocycles. The van der Waals surface area contributed by atoms with Gasteiger partial charge in [0.05, 0.1) is 50.4 Å². The number of nitrogens with one attached hydrogen (secondary N) is 3. The van der Waals surface area contributed by atoms with Crippen LogP contribution in [0, 0.1) is 5.92 Å². The number of hydrogen-bond acceptors (Lipinski definition) is 12. The first-order valence-corrected chi connectivity index (χ1v) is 25.4. The fourth-order valence-corrected chi connectivity index (χ4v) is 8.92. The second-order valence-corrected chi connectivity index (χ2v) is 21.4. The van der Waals surface area contributed by atoms with Gasteiger partial charge in [0.2, 0.25) is 0 Å². The first-order chi connectivity index (χ1) is 32.1. The fourth-order valence-electron chi connectivity index (χ4n) is 6.76. The lowest BCUT2D eigenvalue weighted by Crippen LogP contribution is -2.53.